The summed E-state index contributed by atoms with van der Waals surface area (Å²) in [6, 6.07) is 17.5. The van der Waals surface area contributed by atoms with Gasteiger partial charge in [0.1, 0.15) is 5.75 Å². The number of hydrogen-bond acceptors (Lipinski definition) is 3. The van der Waals surface area contributed by atoms with Crippen LogP contribution in [-0.2, 0) is 16.6 Å². The lowest BCUT2D eigenvalue weighted by molar-refractivity contribution is -0.116. The molecule has 29 heavy (non-hydrogen) atoms. The molecule has 0 radical (unpaired) electrons. The van der Waals surface area contributed by atoms with Crippen LogP contribution in [0.5, 0.6) is 5.75 Å². The van der Waals surface area contributed by atoms with Crippen LogP contribution in [0, 0.1) is 6.92 Å². The molecule has 1 amide bonds. The summed E-state index contributed by atoms with van der Waals surface area (Å²) in [6.45, 7) is 8.49. The molecule has 1 aromatic heterocycles. The number of amides is 1. The lowest BCUT2D eigenvalue weighted by atomic mass is 9.86. The highest BCUT2D eigenvalue weighted by Gasteiger charge is 2.13. The molecule has 150 valence electrons. The number of aromatic hydroxyl groups is 1. The standard InChI is InChI=1S/C25H28N2O2/c1-17-15-20(16-26-24(17)21-7-5-6-8-22(21)28)27-23(29)14-11-18-9-12-19(13-10-18)25(2,3)4/h5-10,12-13,15-16,28H,11,14H2,1-4H3,(H,27,29). The predicted octanol–water partition coefficient (Wildman–Crippen LogP) is 5.63. The van der Waals surface area contributed by atoms with Crippen LogP contribution in [0.1, 0.15) is 43.9 Å². The van der Waals surface area contributed by atoms with Crippen LogP contribution in [0.25, 0.3) is 11.3 Å². The lowest BCUT2D eigenvalue weighted by Crippen LogP contribution is -2.13. The number of para-hydroxylation sites is 1. The summed E-state index contributed by atoms with van der Waals surface area (Å²) in [5, 5.41) is 13.0. The van der Waals surface area contributed by atoms with E-state index in [9.17, 15) is 9.90 Å². The second kappa shape index (κ2) is 8.48. The van der Waals surface area contributed by atoms with Crippen molar-refractivity contribution in [3.05, 3.63) is 77.5 Å². The number of phenols is 1. The fourth-order valence-corrected chi connectivity index (χ4v) is 3.25. The van der Waals surface area contributed by atoms with Crippen LogP contribution >= 0.6 is 0 Å². The Labute approximate surface area is 172 Å². The Kier molecular flexibility index (Phi) is 6.02. The first-order chi connectivity index (χ1) is 13.7. The van der Waals surface area contributed by atoms with Gasteiger partial charge in [-0.1, -0.05) is 57.2 Å². The molecule has 2 aromatic carbocycles. The third-order valence-electron chi connectivity index (χ3n) is 4.98. The van der Waals surface area contributed by atoms with E-state index in [0.717, 1.165) is 11.1 Å². The van der Waals surface area contributed by atoms with Gasteiger partial charge in [0, 0.05) is 12.0 Å². The summed E-state index contributed by atoms with van der Waals surface area (Å²) in [4.78, 5) is 16.8. The molecule has 3 rings (SSSR count). The molecular weight excluding hydrogens is 360 g/mol. The Bertz CT molecular complexity index is 1000. The molecule has 4 nitrogen and oxygen atoms in total. The van der Waals surface area contributed by atoms with Crippen molar-refractivity contribution < 1.29 is 9.90 Å². The SMILES string of the molecule is Cc1cc(NC(=O)CCc2ccc(C(C)(C)C)cc2)cnc1-c1ccccc1O. The van der Waals surface area contributed by atoms with Crippen molar-refractivity contribution in [3.63, 3.8) is 0 Å². The van der Waals surface area contributed by atoms with Gasteiger partial charge in [0.2, 0.25) is 5.91 Å². The maximum absolute atomic E-state index is 12.4. The van der Waals surface area contributed by atoms with Gasteiger partial charge in [0.15, 0.2) is 0 Å². The highest BCUT2D eigenvalue weighted by molar-refractivity contribution is 5.91. The number of anilines is 1. The van der Waals surface area contributed by atoms with Crippen LogP contribution in [0.2, 0.25) is 0 Å². The van der Waals surface area contributed by atoms with Gasteiger partial charge in [0.05, 0.1) is 17.6 Å². The molecule has 0 aliphatic heterocycles. The van der Waals surface area contributed by atoms with E-state index in [1.807, 2.05) is 25.1 Å². The van der Waals surface area contributed by atoms with E-state index in [2.05, 4.69) is 55.3 Å². The highest BCUT2D eigenvalue weighted by Crippen LogP contribution is 2.30. The van der Waals surface area contributed by atoms with Gasteiger partial charge in [-0.25, -0.2) is 0 Å². The first-order valence-corrected chi connectivity index (χ1v) is 9.88. The van der Waals surface area contributed by atoms with Crippen molar-refractivity contribution in [1.29, 1.82) is 0 Å². The van der Waals surface area contributed by atoms with Gasteiger partial charge in [-0.2, -0.15) is 0 Å². The van der Waals surface area contributed by atoms with Crippen LogP contribution in [0.3, 0.4) is 0 Å². The summed E-state index contributed by atoms with van der Waals surface area (Å²) in [5.41, 5.74) is 5.51. The molecule has 4 heteroatoms. The van der Waals surface area contributed by atoms with Crippen LogP contribution in [0.4, 0.5) is 5.69 Å². The number of carbonyl (C=O) groups is 1. The average Bonchev–Trinajstić information content (AvgIpc) is 2.67. The fourth-order valence-electron chi connectivity index (χ4n) is 3.25. The second-order valence-corrected chi connectivity index (χ2v) is 8.40. The molecule has 2 N–H and O–H groups in total. The number of pyridine rings is 1. The van der Waals surface area contributed by atoms with E-state index in [0.29, 0.717) is 29.8 Å². The highest BCUT2D eigenvalue weighted by atomic mass is 16.3. The Balaban J connectivity index is 1.61. The van der Waals surface area contributed by atoms with Crippen LogP contribution < -0.4 is 5.32 Å². The summed E-state index contributed by atoms with van der Waals surface area (Å²) >= 11 is 0. The van der Waals surface area contributed by atoms with E-state index >= 15 is 0 Å². The van der Waals surface area contributed by atoms with Gasteiger partial charge in [-0.3, -0.25) is 9.78 Å². The maximum Gasteiger partial charge on any atom is 0.224 e. The van der Waals surface area contributed by atoms with E-state index in [4.69, 9.17) is 0 Å². The molecule has 0 saturated heterocycles. The number of hydrogen-bond donors (Lipinski definition) is 2. The van der Waals surface area contributed by atoms with Crippen molar-refractivity contribution in [2.45, 2.75) is 46.0 Å². The van der Waals surface area contributed by atoms with Crippen molar-refractivity contribution in [3.8, 4) is 17.0 Å². The number of nitrogens with one attached hydrogen (secondary N) is 1. The minimum absolute atomic E-state index is 0.0404. The van der Waals surface area contributed by atoms with Gasteiger partial charge < -0.3 is 10.4 Å². The molecule has 0 saturated carbocycles. The number of carbonyl (C=O) groups excluding carboxylic acids is 1. The summed E-state index contributed by atoms with van der Waals surface area (Å²) < 4.78 is 0. The molecule has 1 heterocycles. The first-order valence-electron chi connectivity index (χ1n) is 9.88. The van der Waals surface area contributed by atoms with Crippen molar-refractivity contribution >= 4 is 11.6 Å². The third kappa shape index (κ3) is 5.23. The average molecular weight is 389 g/mol. The van der Waals surface area contributed by atoms with Gasteiger partial charge in [-0.05, 0) is 53.6 Å². The minimum Gasteiger partial charge on any atom is -0.507 e. The van der Waals surface area contributed by atoms with Crippen LogP contribution in [-0.4, -0.2) is 16.0 Å². The molecule has 0 fully saturated rings. The van der Waals surface area contributed by atoms with E-state index < -0.39 is 0 Å². The summed E-state index contributed by atoms with van der Waals surface area (Å²) in [5.74, 6) is 0.152. The molecule has 0 atom stereocenters. The largest absolute Gasteiger partial charge is 0.507 e. The van der Waals surface area contributed by atoms with Gasteiger partial charge in [0.25, 0.3) is 0 Å². The zero-order valence-electron chi connectivity index (χ0n) is 17.5. The number of phenolic OH excluding ortho intramolecular Hbond substituents is 1. The van der Waals surface area contributed by atoms with E-state index in [1.165, 1.54) is 5.56 Å². The smallest absolute Gasteiger partial charge is 0.224 e. The number of rotatable bonds is 5. The third-order valence-corrected chi connectivity index (χ3v) is 4.98. The zero-order valence-corrected chi connectivity index (χ0v) is 17.5. The Morgan fingerprint density at radius 1 is 1.07 bits per heavy atom. The topological polar surface area (TPSA) is 62.2 Å². The molecule has 0 aliphatic rings. The van der Waals surface area contributed by atoms with Crippen LogP contribution in [0.15, 0.2) is 60.8 Å². The fraction of sp³-hybridized carbons (Fsp3) is 0.280. The number of nitrogens with zero attached hydrogens (tertiary/aromatic N) is 1. The number of benzene rings is 2. The lowest BCUT2D eigenvalue weighted by Gasteiger charge is -2.19. The normalized spacial score (nSPS) is 11.3. The summed E-state index contributed by atoms with van der Waals surface area (Å²) in [7, 11) is 0. The minimum atomic E-state index is -0.0404. The van der Waals surface area contributed by atoms with E-state index in [1.54, 1.807) is 18.3 Å². The number of aromatic nitrogens is 1. The maximum atomic E-state index is 12.4. The monoisotopic (exact) mass is 388 g/mol. The second-order valence-electron chi connectivity index (χ2n) is 8.40. The van der Waals surface area contributed by atoms with Crippen molar-refractivity contribution in [1.82, 2.24) is 4.98 Å². The molecule has 0 unspecified atom stereocenters. The van der Waals surface area contributed by atoms with Gasteiger partial charge in [-0.15, -0.1) is 0 Å². The quantitative estimate of drug-likeness (QED) is 0.595. The molecule has 0 bridgehead atoms. The number of aryl methyl sites for hydroxylation is 2. The first kappa shape index (κ1) is 20.6. The Hall–Kier alpha value is -3.14. The van der Waals surface area contributed by atoms with E-state index in [-0.39, 0.29) is 17.1 Å². The molecule has 0 aliphatic carbocycles. The Morgan fingerprint density at radius 3 is 2.38 bits per heavy atom. The zero-order chi connectivity index (χ0) is 21.0. The Morgan fingerprint density at radius 2 is 1.76 bits per heavy atom. The molecule has 3 aromatic rings. The predicted molar refractivity (Wildman–Crippen MR) is 118 cm³/mol. The molecular formula is C25H28N2O2. The van der Waals surface area contributed by atoms with Crippen molar-refractivity contribution in [2.75, 3.05) is 5.32 Å². The van der Waals surface area contributed by atoms with Crippen molar-refractivity contribution in [2.24, 2.45) is 0 Å². The van der Waals surface area contributed by atoms with Gasteiger partial charge >= 0.3 is 0 Å². The summed E-state index contributed by atoms with van der Waals surface area (Å²) in [6.07, 6.45) is 2.73. The molecule has 0 spiro atoms.